The molecule has 0 aliphatic rings. The van der Waals surface area contributed by atoms with Gasteiger partial charge in [0.1, 0.15) is 5.75 Å². The molecule has 16 heavy (non-hydrogen) atoms. The fraction of sp³-hybridized carbons (Fsp3) is 0.538. The molecule has 0 saturated heterocycles. The molecule has 90 valence electrons. The second-order valence-electron chi connectivity index (χ2n) is 3.84. The van der Waals surface area contributed by atoms with Crippen LogP contribution in [0, 0.1) is 6.92 Å². The Morgan fingerprint density at radius 3 is 2.88 bits per heavy atom. The van der Waals surface area contributed by atoms with Gasteiger partial charge in [0.05, 0.1) is 6.61 Å². The Labute approximate surface area is 103 Å². The first-order chi connectivity index (χ1) is 7.77. The first-order valence-electron chi connectivity index (χ1n) is 5.63. The third kappa shape index (κ3) is 4.45. The summed E-state index contributed by atoms with van der Waals surface area (Å²) in [6.45, 7) is 3.77. The molecule has 0 fully saturated rings. The molecule has 0 amide bonds. The number of hydrogen-bond donors (Lipinski definition) is 1. The maximum Gasteiger partial charge on any atom is 0.123 e. The lowest BCUT2D eigenvalue weighted by Gasteiger charge is -2.11. The third-order valence-corrected chi connectivity index (χ3v) is 3.03. The van der Waals surface area contributed by atoms with Crippen LogP contribution >= 0.6 is 11.8 Å². The van der Waals surface area contributed by atoms with Crippen molar-refractivity contribution in [1.82, 2.24) is 5.32 Å². The van der Waals surface area contributed by atoms with E-state index in [9.17, 15) is 0 Å². The minimum Gasteiger partial charge on any atom is -0.493 e. The van der Waals surface area contributed by atoms with E-state index in [4.69, 9.17) is 4.74 Å². The molecule has 0 aromatic heterocycles. The molecule has 0 bridgehead atoms. The zero-order valence-corrected chi connectivity index (χ0v) is 11.2. The Kier molecular flexibility index (Phi) is 6.34. The molecule has 0 saturated carbocycles. The lowest BCUT2D eigenvalue weighted by Crippen LogP contribution is -2.08. The van der Waals surface area contributed by atoms with Gasteiger partial charge < -0.3 is 10.1 Å². The smallest absolute Gasteiger partial charge is 0.123 e. The Morgan fingerprint density at radius 2 is 2.19 bits per heavy atom. The van der Waals surface area contributed by atoms with Gasteiger partial charge in [0.2, 0.25) is 0 Å². The Balaban J connectivity index is 2.56. The summed E-state index contributed by atoms with van der Waals surface area (Å²) in [7, 11) is 1.96. The number of thioether (sulfide) groups is 1. The molecule has 1 aromatic carbocycles. The fourth-order valence-corrected chi connectivity index (χ4v) is 1.97. The topological polar surface area (TPSA) is 21.3 Å². The molecule has 0 spiro atoms. The molecule has 0 unspecified atom stereocenters. The monoisotopic (exact) mass is 239 g/mol. The van der Waals surface area contributed by atoms with Crippen LogP contribution in [0.15, 0.2) is 18.2 Å². The summed E-state index contributed by atoms with van der Waals surface area (Å²) in [5.41, 5.74) is 2.52. The molecule has 0 heterocycles. The van der Waals surface area contributed by atoms with E-state index >= 15 is 0 Å². The second kappa shape index (κ2) is 7.58. The van der Waals surface area contributed by atoms with Crippen LogP contribution in [0.1, 0.15) is 17.5 Å². The molecule has 2 nitrogen and oxygen atoms in total. The molecular weight excluding hydrogens is 218 g/mol. The largest absolute Gasteiger partial charge is 0.493 e. The number of aryl methyl sites for hydroxylation is 1. The molecule has 0 aliphatic carbocycles. The van der Waals surface area contributed by atoms with Crippen molar-refractivity contribution in [3.05, 3.63) is 29.3 Å². The molecule has 0 atom stereocenters. The SMILES string of the molecule is CNCc1cc(C)ccc1OCCCSC. The minimum atomic E-state index is 0.806. The van der Waals surface area contributed by atoms with Crippen molar-refractivity contribution in [1.29, 1.82) is 0 Å². The van der Waals surface area contributed by atoms with Gasteiger partial charge in [0.25, 0.3) is 0 Å². The van der Waals surface area contributed by atoms with Crippen molar-refractivity contribution in [2.45, 2.75) is 19.9 Å². The summed E-state index contributed by atoms with van der Waals surface area (Å²) in [6.07, 6.45) is 3.23. The molecule has 1 aromatic rings. The highest BCUT2D eigenvalue weighted by atomic mass is 32.2. The Morgan fingerprint density at radius 1 is 1.38 bits per heavy atom. The second-order valence-corrected chi connectivity index (χ2v) is 4.82. The molecule has 1 N–H and O–H groups in total. The average molecular weight is 239 g/mol. The van der Waals surface area contributed by atoms with Gasteiger partial charge in [-0.3, -0.25) is 0 Å². The summed E-state index contributed by atoms with van der Waals surface area (Å²) in [6, 6.07) is 6.35. The highest BCUT2D eigenvalue weighted by Gasteiger charge is 2.02. The molecule has 1 rings (SSSR count). The van der Waals surface area contributed by atoms with Gasteiger partial charge in [-0.1, -0.05) is 17.7 Å². The van der Waals surface area contributed by atoms with Crippen molar-refractivity contribution in [2.75, 3.05) is 25.7 Å². The molecular formula is C13H21NOS. The van der Waals surface area contributed by atoms with Crippen molar-refractivity contribution >= 4 is 11.8 Å². The van der Waals surface area contributed by atoms with E-state index in [-0.39, 0.29) is 0 Å². The predicted molar refractivity (Wildman–Crippen MR) is 72.4 cm³/mol. The maximum absolute atomic E-state index is 5.79. The summed E-state index contributed by atoms with van der Waals surface area (Å²) in [5.74, 6) is 2.17. The van der Waals surface area contributed by atoms with Crippen LogP contribution in [0.4, 0.5) is 0 Å². The van der Waals surface area contributed by atoms with Gasteiger partial charge in [-0.2, -0.15) is 11.8 Å². The van der Waals surface area contributed by atoms with Crippen LogP contribution in [0.2, 0.25) is 0 Å². The van der Waals surface area contributed by atoms with Gasteiger partial charge in [0, 0.05) is 12.1 Å². The van der Waals surface area contributed by atoms with E-state index in [1.807, 2.05) is 18.8 Å². The highest BCUT2D eigenvalue weighted by molar-refractivity contribution is 7.98. The molecule has 3 heteroatoms. The summed E-state index contributed by atoms with van der Waals surface area (Å²) < 4.78 is 5.79. The number of ether oxygens (including phenoxy) is 1. The summed E-state index contributed by atoms with van der Waals surface area (Å²) in [5, 5.41) is 3.17. The number of benzene rings is 1. The third-order valence-electron chi connectivity index (χ3n) is 2.33. The maximum atomic E-state index is 5.79. The zero-order valence-electron chi connectivity index (χ0n) is 10.4. The van der Waals surface area contributed by atoms with Crippen LogP contribution in [0.5, 0.6) is 5.75 Å². The quantitative estimate of drug-likeness (QED) is 0.739. The van der Waals surface area contributed by atoms with Gasteiger partial charge >= 0.3 is 0 Å². The van der Waals surface area contributed by atoms with Crippen molar-refractivity contribution in [2.24, 2.45) is 0 Å². The predicted octanol–water partition coefficient (Wildman–Crippen LogP) is 2.85. The fourth-order valence-electron chi connectivity index (χ4n) is 1.56. The number of nitrogens with one attached hydrogen (secondary N) is 1. The lowest BCUT2D eigenvalue weighted by atomic mass is 10.1. The molecule has 0 aliphatic heterocycles. The number of hydrogen-bond acceptors (Lipinski definition) is 3. The van der Waals surface area contributed by atoms with E-state index in [1.54, 1.807) is 0 Å². The average Bonchev–Trinajstić information content (AvgIpc) is 2.27. The Hall–Kier alpha value is -0.670. The van der Waals surface area contributed by atoms with Gasteiger partial charge in [-0.05, 0) is 38.5 Å². The van der Waals surface area contributed by atoms with E-state index in [1.165, 1.54) is 11.1 Å². The van der Waals surface area contributed by atoms with E-state index in [2.05, 4.69) is 36.7 Å². The summed E-state index contributed by atoms with van der Waals surface area (Å²) in [4.78, 5) is 0. The highest BCUT2D eigenvalue weighted by Crippen LogP contribution is 2.20. The van der Waals surface area contributed by atoms with E-state index in [0.29, 0.717) is 0 Å². The minimum absolute atomic E-state index is 0.806. The van der Waals surface area contributed by atoms with Gasteiger partial charge in [0.15, 0.2) is 0 Å². The first kappa shape index (κ1) is 13.4. The lowest BCUT2D eigenvalue weighted by molar-refractivity contribution is 0.315. The van der Waals surface area contributed by atoms with Crippen molar-refractivity contribution < 1.29 is 4.74 Å². The standard InChI is InChI=1S/C13H21NOS/c1-11-5-6-13(12(9-11)10-14-2)15-7-4-8-16-3/h5-6,9,14H,4,7-8,10H2,1-3H3. The Bertz CT molecular complexity index is 315. The van der Waals surface area contributed by atoms with Crippen LogP contribution in [-0.2, 0) is 6.54 Å². The number of rotatable bonds is 7. The van der Waals surface area contributed by atoms with Crippen LogP contribution in [0.3, 0.4) is 0 Å². The van der Waals surface area contributed by atoms with Crippen LogP contribution in [-0.4, -0.2) is 25.7 Å². The zero-order chi connectivity index (χ0) is 11.8. The van der Waals surface area contributed by atoms with E-state index in [0.717, 1.165) is 31.1 Å². The molecule has 0 radical (unpaired) electrons. The van der Waals surface area contributed by atoms with E-state index < -0.39 is 0 Å². The normalized spacial score (nSPS) is 10.4. The summed E-state index contributed by atoms with van der Waals surface area (Å²) >= 11 is 1.86. The first-order valence-corrected chi connectivity index (χ1v) is 7.03. The van der Waals surface area contributed by atoms with Crippen LogP contribution < -0.4 is 10.1 Å². The van der Waals surface area contributed by atoms with Crippen molar-refractivity contribution in [3.63, 3.8) is 0 Å². The van der Waals surface area contributed by atoms with Gasteiger partial charge in [-0.15, -0.1) is 0 Å². The van der Waals surface area contributed by atoms with Crippen molar-refractivity contribution in [3.8, 4) is 5.75 Å². The van der Waals surface area contributed by atoms with Gasteiger partial charge in [-0.25, -0.2) is 0 Å². The van der Waals surface area contributed by atoms with Crippen LogP contribution in [0.25, 0.3) is 0 Å².